The zero-order chi connectivity index (χ0) is 21.4. The summed E-state index contributed by atoms with van der Waals surface area (Å²) >= 11 is 0. The number of amides is 1. The van der Waals surface area contributed by atoms with Crippen molar-refractivity contribution in [3.8, 4) is 11.1 Å². The van der Waals surface area contributed by atoms with Crippen molar-refractivity contribution in [1.29, 1.82) is 0 Å². The van der Waals surface area contributed by atoms with E-state index >= 15 is 0 Å². The predicted molar refractivity (Wildman–Crippen MR) is 119 cm³/mol. The minimum absolute atomic E-state index is 0.0129. The van der Waals surface area contributed by atoms with Crippen molar-refractivity contribution < 1.29 is 19.4 Å². The second-order valence-corrected chi connectivity index (χ2v) is 8.09. The van der Waals surface area contributed by atoms with Crippen LogP contribution in [0.2, 0.25) is 0 Å². The van der Waals surface area contributed by atoms with Gasteiger partial charge in [0, 0.05) is 12.5 Å². The van der Waals surface area contributed by atoms with E-state index < -0.39 is 5.97 Å². The highest BCUT2D eigenvalue weighted by atomic mass is 16.6. The fourth-order valence-electron chi connectivity index (χ4n) is 4.77. The number of aryl methyl sites for hydroxylation is 1. The van der Waals surface area contributed by atoms with Gasteiger partial charge in [-0.3, -0.25) is 9.69 Å². The Hall–Kier alpha value is -3.60. The maximum Gasteiger partial charge on any atom is 0.414 e. The molecular formula is C26H23NO4. The molecular weight excluding hydrogens is 390 g/mol. The van der Waals surface area contributed by atoms with Crippen LogP contribution in [-0.4, -0.2) is 30.3 Å². The van der Waals surface area contributed by atoms with Crippen LogP contribution >= 0.6 is 0 Å². The van der Waals surface area contributed by atoms with Gasteiger partial charge in [-0.1, -0.05) is 60.7 Å². The molecule has 0 bridgehead atoms. The molecule has 5 rings (SSSR count). The molecule has 3 aromatic carbocycles. The number of carbonyl (C=O) groups excluding carboxylic acids is 1. The second-order valence-electron chi connectivity index (χ2n) is 8.09. The van der Waals surface area contributed by atoms with Crippen molar-refractivity contribution in [2.24, 2.45) is 0 Å². The molecule has 31 heavy (non-hydrogen) atoms. The normalized spacial score (nSPS) is 14.5. The third-order valence-electron chi connectivity index (χ3n) is 6.18. The van der Waals surface area contributed by atoms with Crippen LogP contribution in [0.4, 0.5) is 10.5 Å². The highest BCUT2D eigenvalue weighted by Gasteiger charge is 2.31. The quantitative estimate of drug-likeness (QED) is 0.653. The Labute approximate surface area is 180 Å². The molecule has 156 valence electrons. The number of hydrogen-bond donors (Lipinski definition) is 1. The van der Waals surface area contributed by atoms with E-state index in [1.807, 2.05) is 42.5 Å². The number of fused-ring (bicyclic) bond motifs is 4. The van der Waals surface area contributed by atoms with Gasteiger partial charge >= 0.3 is 12.1 Å². The molecule has 0 atom stereocenters. The van der Waals surface area contributed by atoms with Gasteiger partial charge in [0.1, 0.15) is 6.61 Å². The molecule has 0 aromatic heterocycles. The molecule has 1 aliphatic carbocycles. The number of ether oxygens (including phenoxy) is 1. The van der Waals surface area contributed by atoms with Gasteiger partial charge in [-0.05, 0) is 52.3 Å². The van der Waals surface area contributed by atoms with E-state index in [1.165, 1.54) is 22.3 Å². The molecule has 1 amide bonds. The lowest BCUT2D eigenvalue weighted by molar-refractivity contribution is -0.136. The molecule has 3 aromatic rings. The maximum atomic E-state index is 13.1. The number of hydrogen-bond acceptors (Lipinski definition) is 3. The number of rotatable bonds is 4. The summed E-state index contributed by atoms with van der Waals surface area (Å²) in [6, 6.07) is 22.1. The SMILES string of the molecule is O=C(O)Cc1ccc2c(c1)N(C(=O)OCC1c3ccccc3-c3ccccc31)CCC2. The molecule has 0 saturated carbocycles. The van der Waals surface area contributed by atoms with E-state index in [0.29, 0.717) is 12.1 Å². The van der Waals surface area contributed by atoms with E-state index in [2.05, 4.69) is 24.3 Å². The first-order valence-electron chi connectivity index (χ1n) is 10.6. The van der Waals surface area contributed by atoms with Crippen LogP contribution in [0.25, 0.3) is 11.1 Å². The maximum absolute atomic E-state index is 13.1. The van der Waals surface area contributed by atoms with Gasteiger partial charge in [0.2, 0.25) is 0 Å². The van der Waals surface area contributed by atoms with E-state index in [4.69, 9.17) is 9.84 Å². The zero-order valence-electron chi connectivity index (χ0n) is 17.1. The molecule has 0 radical (unpaired) electrons. The number of nitrogens with zero attached hydrogens (tertiary/aromatic N) is 1. The lowest BCUT2D eigenvalue weighted by Gasteiger charge is -2.29. The molecule has 1 aliphatic heterocycles. The van der Waals surface area contributed by atoms with Gasteiger partial charge in [-0.15, -0.1) is 0 Å². The molecule has 0 unspecified atom stereocenters. The van der Waals surface area contributed by atoms with Crippen molar-refractivity contribution in [3.05, 3.63) is 89.0 Å². The van der Waals surface area contributed by atoms with Crippen LogP contribution in [0.1, 0.15) is 34.6 Å². The highest BCUT2D eigenvalue weighted by molar-refractivity contribution is 5.90. The standard InChI is InChI=1S/C26H23NO4/c28-25(29)15-17-11-12-18-6-5-13-27(24(18)14-17)26(30)31-16-23-21-9-3-1-7-19(21)20-8-2-4-10-22(20)23/h1-4,7-12,14,23H,5-6,13,15-16H2,(H,28,29). The van der Waals surface area contributed by atoms with Gasteiger partial charge in [0.05, 0.1) is 12.1 Å². The topological polar surface area (TPSA) is 66.8 Å². The number of anilines is 1. The lowest BCUT2D eigenvalue weighted by atomic mass is 9.98. The Morgan fingerprint density at radius 1 is 0.968 bits per heavy atom. The molecule has 1 N–H and O–H groups in total. The van der Waals surface area contributed by atoms with Gasteiger partial charge < -0.3 is 9.84 Å². The second kappa shape index (κ2) is 7.91. The number of aliphatic carboxylic acids is 1. The fraction of sp³-hybridized carbons (Fsp3) is 0.231. The Bertz CT molecular complexity index is 1120. The third-order valence-corrected chi connectivity index (χ3v) is 6.18. The lowest BCUT2D eigenvalue weighted by Crippen LogP contribution is -2.36. The van der Waals surface area contributed by atoms with Crippen LogP contribution in [0.5, 0.6) is 0 Å². The van der Waals surface area contributed by atoms with Crippen molar-refractivity contribution >= 4 is 17.7 Å². The first-order chi connectivity index (χ1) is 15.1. The molecule has 0 fully saturated rings. The summed E-state index contributed by atoms with van der Waals surface area (Å²) in [6.07, 6.45) is 1.28. The van der Waals surface area contributed by atoms with Crippen LogP contribution in [-0.2, 0) is 22.4 Å². The predicted octanol–water partition coefficient (Wildman–Crippen LogP) is 5.02. The summed E-state index contributed by atoms with van der Waals surface area (Å²) in [4.78, 5) is 25.8. The van der Waals surface area contributed by atoms with Gasteiger partial charge in [0.25, 0.3) is 0 Å². The molecule has 1 heterocycles. The smallest absolute Gasteiger partial charge is 0.414 e. The van der Waals surface area contributed by atoms with E-state index in [9.17, 15) is 9.59 Å². The summed E-state index contributed by atoms with van der Waals surface area (Å²) in [6.45, 7) is 0.841. The average molecular weight is 413 g/mol. The largest absolute Gasteiger partial charge is 0.481 e. The van der Waals surface area contributed by atoms with Gasteiger partial charge in [-0.25, -0.2) is 4.79 Å². The van der Waals surface area contributed by atoms with Crippen LogP contribution in [0.15, 0.2) is 66.7 Å². The Morgan fingerprint density at radius 2 is 1.65 bits per heavy atom. The Kier molecular flexibility index (Phi) is 4.94. The van der Waals surface area contributed by atoms with Gasteiger partial charge in [0.15, 0.2) is 0 Å². The van der Waals surface area contributed by atoms with Crippen molar-refractivity contribution in [2.45, 2.75) is 25.2 Å². The van der Waals surface area contributed by atoms with E-state index in [0.717, 1.165) is 24.1 Å². The third kappa shape index (κ3) is 3.56. The number of carbonyl (C=O) groups is 2. The van der Waals surface area contributed by atoms with Crippen LogP contribution in [0, 0.1) is 0 Å². The Balaban J connectivity index is 1.37. The molecule has 5 nitrogen and oxygen atoms in total. The summed E-state index contributed by atoms with van der Waals surface area (Å²) in [5.41, 5.74) is 7.25. The summed E-state index contributed by atoms with van der Waals surface area (Å²) < 4.78 is 5.83. The highest BCUT2D eigenvalue weighted by Crippen LogP contribution is 2.44. The van der Waals surface area contributed by atoms with E-state index in [1.54, 1.807) is 4.90 Å². The van der Waals surface area contributed by atoms with E-state index in [-0.39, 0.29) is 25.0 Å². The van der Waals surface area contributed by atoms with Crippen LogP contribution in [0.3, 0.4) is 0 Å². The van der Waals surface area contributed by atoms with Crippen molar-refractivity contribution in [3.63, 3.8) is 0 Å². The monoisotopic (exact) mass is 413 g/mol. The van der Waals surface area contributed by atoms with Crippen LogP contribution < -0.4 is 4.90 Å². The number of carboxylic acids is 1. The summed E-state index contributed by atoms with van der Waals surface area (Å²) in [7, 11) is 0. The first-order valence-corrected chi connectivity index (χ1v) is 10.6. The fourth-order valence-corrected chi connectivity index (χ4v) is 4.77. The Morgan fingerprint density at radius 3 is 2.32 bits per heavy atom. The average Bonchev–Trinajstić information content (AvgIpc) is 3.10. The number of benzene rings is 3. The van der Waals surface area contributed by atoms with Crippen molar-refractivity contribution in [1.82, 2.24) is 0 Å². The zero-order valence-corrected chi connectivity index (χ0v) is 17.1. The first kappa shape index (κ1) is 19.4. The summed E-state index contributed by atoms with van der Waals surface area (Å²) in [5, 5.41) is 9.11. The molecule has 0 saturated heterocycles. The summed E-state index contributed by atoms with van der Waals surface area (Å²) in [5.74, 6) is -0.873. The molecule has 2 aliphatic rings. The minimum atomic E-state index is -0.886. The molecule has 5 heteroatoms. The minimum Gasteiger partial charge on any atom is -0.481 e. The van der Waals surface area contributed by atoms with Gasteiger partial charge in [-0.2, -0.15) is 0 Å². The van der Waals surface area contributed by atoms with Crippen molar-refractivity contribution in [2.75, 3.05) is 18.1 Å². The number of carboxylic acid groups (broad SMARTS) is 1. The molecule has 0 spiro atoms.